The fourth-order valence-electron chi connectivity index (χ4n) is 2.45. The van der Waals surface area contributed by atoms with Crippen LogP contribution in [-0.4, -0.2) is 25.6 Å². The van der Waals surface area contributed by atoms with Gasteiger partial charge in [0.25, 0.3) is 0 Å². The number of carbonyl (C=O) groups is 1. The van der Waals surface area contributed by atoms with Gasteiger partial charge in [0.2, 0.25) is 5.89 Å². The van der Waals surface area contributed by atoms with E-state index in [0.29, 0.717) is 12.4 Å². The van der Waals surface area contributed by atoms with E-state index in [0.717, 1.165) is 16.9 Å². The van der Waals surface area contributed by atoms with Gasteiger partial charge in [-0.2, -0.15) is 0 Å². The number of oxazole rings is 1. The Morgan fingerprint density at radius 3 is 2.73 bits per heavy atom. The number of fused-ring (bicyclic) bond motifs is 1. The summed E-state index contributed by atoms with van der Waals surface area (Å²) in [6, 6.07) is 4.95. The molecule has 0 aliphatic rings. The first kappa shape index (κ1) is 14.3. The number of nitrogens with zero attached hydrogens (tertiary/aromatic N) is 3. The molecule has 0 spiro atoms. The van der Waals surface area contributed by atoms with E-state index in [9.17, 15) is 9.90 Å². The van der Waals surface area contributed by atoms with E-state index in [1.807, 2.05) is 4.57 Å². The van der Waals surface area contributed by atoms with Gasteiger partial charge in [-0.3, -0.25) is 0 Å². The maximum Gasteiger partial charge on any atom is 0.335 e. The van der Waals surface area contributed by atoms with E-state index < -0.39 is 5.97 Å². The topological polar surface area (TPSA) is 81.1 Å². The SMILES string of the molecule is CC(C)(C)c1nc2ccc(C(=O)O)cc2n1Cc1ncco1. The van der Waals surface area contributed by atoms with Crippen molar-refractivity contribution in [1.82, 2.24) is 14.5 Å². The van der Waals surface area contributed by atoms with Crippen LogP contribution in [0.4, 0.5) is 0 Å². The van der Waals surface area contributed by atoms with Crippen molar-refractivity contribution in [3.63, 3.8) is 0 Å². The van der Waals surface area contributed by atoms with Crippen molar-refractivity contribution in [3.8, 4) is 0 Å². The zero-order chi connectivity index (χ0) is 15.9. The number of aromatic nitrogens is 3. The molecule has 0 atom stereocenters. The number of rotatable bonds is 3. The maximum atomic E-state index is 11.2. The molecule has 0 saturated carbocycles. The second-order valence-corrected chi connectivity index (χ2v) is 6.21. The fourth-order valence-corrected chi connectivity index (χ4v) is 2.45. The summed E-state index contributed by atoms with van der Waals surface area (Å²) in [4.78, 5) is 20.0. The van der Waals surface area contributed by atoms with Gasteiger partial charge in [-0.05, 0) is 18.2 Å². The summed E-state index contributed by atoms with van der Waals surface area (Å²) in [6.07, 6.45) is 3.11. The largest absolute Gasteiger partial charge is 0.478 e. The third-order valence-electron chi connectivity index (χ3n) is 3.44. The van der Waals surface area contributed by atoms with Crippen LogP contribution in [-0.2, 0) is 12.0 Å². The molecule has 6 nitrogen and oxygen atoms in total. The first-order valence-electron chi connectivity index (χ1n) is 6.98. The zero-order valence-corrected chi connectivity index (χ0v) is 12.7. The molecule has 0 aliphatic carbocycles. The van der Waals surface area contributed by atoms with Gasteiger partial charge in [-0.15, -0.1) is 0 Å². The standard InChI is InChI=1S/C16H17N3O3/c1-16(2,3)15-18-11-5-4-10(14(20)21)8-12(11)19(15)9-13-17-6-7-22-13/h4-8H,9H2,1-3H3,(H,20,21). The molecule has 114 valence electrons. The molecular weight excluding hydrogens is 282 g/mol. The fraction of sp³-hybridized carbons (Fsp3) is 0.312. The highest BCUT2D eigenvalue weighted by Crippen LogP contribution is 2.27. The Morgan fingerprint density at radius 1 is 1.36 bits per heavy atom. The Morgan fingerprint density at radius 2 is 2.14 bits per heavy atom. The lowest BCUT2D eigenvalue weighted by atomic mass is 9.95. The van der Waals surface area contributed by atoms with Gasteiger partial charge < -0.3 is 14.1 Å². The average molecular weight is 299 g/mol. The van der Waals surface area contributed by atoms with Gasteiger partial charge in [0.15, 0.2) is 0 Å². The van der Waals surface area contributed by atoms with E-state index in [1.165, 1.54) is 6.26 Å². The van der Waals surface area contributed by atoms with E-state index in [-0.39, 0.29) is 11.0 Å². The molecule has 1 N–H and O–H groups in total. The number of hydrogen-bond donors (Lipinski definition) is 1. The minimum atomic E-state index is -0.955. The molecule has 0 saturated heterocycles. The third-order valence-corrected chi connectivity index (χ3v) is 3.44. The first-order chi connectivity index (χ1) is 10.4. The van der Waals surface area contributed by atoms with E-state index in [4.69, 9.17) is 4.42 Å². The molecule has 2 aromatic heterocycles. The van der Waals surface area contributed by atoms with Crippen molar-refractivity contribution >= 4 is 17.0 Å². The molecule has 0 unspecified atom stereocenters. The minimum absolute atomic E-state index is 0.186. The monoisotopic (exact) mass is 299 g/mol. The smallest absolute Gasteiger partial charge is 0.335 e. The maximum absolute atomic E-state index is 11.2. The number of aromatic carboxylic acids is 1. The molecule has 1 aromatic carbocycles. The van der Waals surface area contributed by atoms with Crippen LogP contribution in [0.5, 0.6) is 0 Å². The van der Waals surface area contributed by atoms with Crippen molar-refractivity contribution in [2.24, 2.45) is 0 Å². The minimum Gasteiger partial charge on any atom is -0.478 e. The van der Waals surface area contributed by atoms with Crippen LogP contribution in [0.15, 0.2) is 35.1 Å². The second-order valence-electron chi connectivity index (χ2n) is 6.21. The van der Waals surface area contributed by atoms with Crippen LogP contribution in [0.1, 0.15) is 42.8 Å². The molecule has 3 aromatic rings. The summed E-state index contributed by atoms with van der Waals surface area (Å²) < 4.78 is 7.29. The average Bonchev–Trinajstić information content (AvgIpc) is 3.06. The van der Waals surface area contributed by atoms with Crippen LogP contribution in [0.25, 0.3) is 11.0 Å². The van der Waals surface area contributed by atoms with Gasteiger partial charge in [-0.25, -0.2) is 14.8 Å². The van der Waals surface area contributed by atoms with Gasteiger partial charge in [0, 0.05) is 5.41 Å². The predicted octanol–water partition coefficient (Wildman–Crippen LogP) is 3.07. The van der Waals surface area contributed by atoms with Crippen LogP contribution in [0, 0.1) is 0 Å². The Hall–Kier alpha value is -2.63. The van der Waals surface area contributed by atoms with Crippen LogP contribution < -0.4 is 0 Å². The second kappa shape index (κ2) is 4.98. The van der Waals surface area contributed by atoms with Crippen molar-refractivity contribution in [2.45, 2.75) is 32.7 Å². The third kappa shape index (κ3) is 2.47. The summed E-state index contributed by atoms with van der Waals surface area (Å²) in [5.74, 6) is 0.469. The van der Waals surface area contributed by atoms with Crippen molar-refractivity contribution in [1.29, 1.82) is 0 Å². The molecule has 2 heterocycles. The van der Waals surface area contributed by atoms with Crippen molar-refractivity contribution < 1.29 is 14.3 Å². The van der Waals surface area contributed by atoms with Crippen molar-refractivity contribution in [3.05, 3.63) is 47.9 Å². The Kier molecular flexibility index (Phi) is 3.24. The zero-order valence-electron chi connectivity index (χ0n) is 12.7. The van der Waals surface area contributed by atoms with Crippen LogP contribution in [0.3, 0.4) is 0 Å². The molecule has 0 bridgehead atoms. The van der Waals surface area contributed by atoms with Gasteiger partial charge in [0.05, 0.1) is 22.8 Å². The number of benzene rings is 1. The highest BCUT2D eigenvalue weighted by atomic mass is 16.4. The molecule has 22 heavy (non-hydrogen) atoms. The Balaban J connectivity index is 2.23. The summed E-state index contributed by atoms with van der Waals surface area (Å²) >= 11 is 0. The first-order valence-corrected chi connectivity index (χ1v) is 6.98. The number of hydrogen-bond acceptors (Lipinski definition) is 4. The summed E-state index contributed by atoms with van der Waals surface area (Å²) in [5.41, 5.74) is 1.58. The quantitative estimate of drug-likeness (QED) is 0.803. The van der Waals surface area contributed by atoms with E-state index in [2.05, 4.69) is 30.7 Å². The highest BCUT2D eigenvalue weighted by molar-refractivity contribution is 5.92. The lowest BCUT2D eigenvalue weighted by molar-refractivity contribution is 0.0697. The lowest BCUT2D eigenvalue weighted by Gasteiger charge is -2.19. The molecule has 0 radical (unpaired) electrons. The summed E-state index contributed by atoms with van der Waals surface area (Å²) in [5, 5.41) is 9.20. The van der Waals surface area contributed by atoms with Crippen LogP contribution >= 0.6 is 0 Å². The normalized spacial score (nSPS) is 12.0. The molecule has 0 amide bonds. The summed E-state index contributed by atoms with van der Waals surface area (Å²) in [6.45, 7) is 6.62. The molecule has 3 rings (SSSR count). The Bertz CT molecular complexity index is 826. The Labute approximate surface area is 127 Å². The van der Waals surface area contributed by atoms with Gasteiger partial charge in [0.1, 0.15) is 18.6 Å². The lowest BCUT2D eigenvalue weighted by Crippen LogP contribution is -2.19. The van der Waals surface area contributed by atoms with E-state index in [1.54, 1.807) is 24.4 Å². The van der Waals surface area contributed by atoms with E-state index >= 15 is 0 Å². The van der Waals surface area contributed by atoms with Crippen LogP contribution in [0.2, 0.25) is 0 Å². The molecular formula is C16H17N3O3. The van der Waals surface area contributed by atoms with Crippen molar-refractivity contribution in [2.75, 3.05) is 0 Å². The van der Waals surface area contributed by atoms with Gasteiger partial charge in [-0.1, -0.05) is 20.8 Å². The summed E-state index contributed by atoms with van der Waals surface area (Å²) in [7, 11) is 0. The predicted molar refractivity (Wildman–Crippen MR) is 81.0 cm³/mol. The molecule has 0 fully saturated rings. The number of carboxylic acids is 1. The molecule has 0 aliphatic heterocycles. The number of carboxylic acid groups (broad SMARTS) is 1. The van der Waals surface area contributed by atoms with Gasteiger partial charge >= 0.3 is 5.97 Å². The highest BCUT2D eigenvalue weighted by Gasteiger charge is 2.24. The number of imidazole rings is 1. The molecule has 6 heteroatoms.